The van der Waals surface area contributed by atoms with E-state index in [-0.39, 0.29) is 12.5 Å². The lowest BCUT2D eigenvalue weighted by molar-refractivity contribution is 0.0957. The molecule has 0 unspecified atom stereocenters. The number of hydrogen-bond acceptors (Lipinski definition) is 4. The molecule has 1 amide bonds. The first-order chi connectivity index (χ1) is 16.1. The first kappa shape index (κ1) is 22.6. The summed E-state index contributed by atoms with van der Waals surface area (Å²) in [5.41, 5.74) is 4.55. The van der Waals surface area contributed by atoms with Crippen LogP contribution in [0.2, 0.25) is 10.0 Å². The maximum atomic E-state index is 12.7. The van der Waals surface area contributed by atoms with Gasteiger partial charge in [-0.3, -0.25) is 4.79 Å². The zero-order chi connectivity index (χ0) is 23.2. The van der Waals surface area contributed by atoms with Crippen molar-refractivity contribution in [3.05, 3.63) is 106 Å². The molecule has 0 aliphatic carbocycles. The summed E-state index contributed by atoms with van der Waals surface area (Å²) in [6.45, 7) is 0.208. The van der Waals surface area contributed by atoms with Gasteiger partial charge in [-0.25, -0.2) is 5.43 Å². The number of methoxy groups -OCH3 is 1. The van der Waals surface area contributed by atoms with E-state index in [2.05, 4.69) is 10.5 Å². The Morgan fingerprint density at radius 3 is 2.61 bits per heavy atom. The number of fused-ring (bicyclic) bond motifs is 1. The fraction of sp³-hybridized carbons (Fsp3) is 0.0769. The van der Waals surface area contributed by atoms with Crippen molar-refractivity contribution in [2.75, 3.05) is 7.11 Å². The molecule has 0 atom stereocenters. The maximum Gasteiger partial charge on any atom is 0.271 e. The molecule has 0 aromatic heterocycles. The predicted molar refractivity (Wildman–Crippen MR) is 133 cm³/mol. The number of nitrogens with zero attached hydrogens (tertiary/aromatic N) is 1. The summed E-state index contributed by atoms with van der Waals surface area (Å²) >= 11 is 12.2. The zero-order valence-corrected chi connectivity index (χ0v) is 19.2. The van der Waals surface area contributed by atoms with Crippen LogP contribution in [-0.4, -0.2) is 19.2 Å². The summed E-state index contributed by atoms with van der Waals surface area (Å²) in [4.78, 5) is 12.7. The Kier molecular flexibility index (Phi) is 7.13. The number of hydrogen-bond donors (Lipinski definition) is 1. The summed E-state index contributed by atoms with van der Waals surface area (Å²) in [5, 5.41) is 7.05. The predicted octanol–water partition coefficient (Wildman–Crippen LogP) is 6.50. The van der Waals surface area contributed by atoms with Gasteiger partial charge in [0.2, 0.25) is 0 Å². The Morgan fingerprint density at radius 2 is 1.79 bits per heavy atom. The van der Waals surface area contributed by atoms with Crippen LogP contribution in [-0.2, 0) is 6.61 Å². The molecule has 0 fully saturated rings. The van der Waals surface area contributed by atoms with Gasteiger partial charge in [-0.1, -0.05) is 71.7 Å². The van der Waals surface area contributed by atoms with E-state index in [0.717, 1.165) is 16.3 Å². The van der Waals surface area contributed by atoms with Crippen LogP contribution in [0.4, 0.5) is 0 Å². The van der Waals surface area contributed by atoms with Crippen LogP contribution in [0.5, 0.6) is 11.5 Å². The largest absolute Gasteiger partial charge is 0.493 e. The van der Waals surface area contributed by atoms with Crippen molar-refractivity contribution in [1.82, 2.24) is 5.43 Å². The fourth-order valence-electron chi connectivity index (χ4n) is 3.38. The molecule has 4 aromatic rings. The highest BCUT2D eigenvalue weighted by atomic mass is 35.5. The minimum atomic E-state index is -0.304. The van der Waals surface area contributed by atoms with Gasteiger partial charge < -0.3 is 9.47 Å². The number of benzene rings is 4. The minimum absolute atomic E-state index is 0.208. The molecule has 0 aliphatic rings. The number of halogens is 2. The molecule has 0 saturated carbocycles. The third-order valence-corrected chi connectivity index (χ3v) is 5.61. The molecule has 33 heavy (non-hydrogen) atoms. The zero-order valence-electron chi connectivity index (χ0n) is 17.7. The number of nitrogens with one attached hydrogen (secondary N) is 1. The molecule has 4 aromatic carbocycles. The van der Waals surface area contributed by atoms with Gasteiger partial charge in [0.25, 0.3) is 5.91 Å². The second kappa shape index (κ2) is 10.4. The highest BCUT2D eigenvalue weighted by molar-refractivity contribution is 6.35. The van der Waals surface area contributed by atoms with Gasteiger partial charge >= 0.3 is 0 Å². The third-order valence-electron chi connectivity index (χ3n) is 5.02. The Balaban J connectivity index is 1.53. The minimum Gasteiger partial charge on any atom is -0.493 e. The molecule has 166 valence electrons. The summed E-state index contributed by atoms with van der Waals surface area (Å²) in [7, 11) is 1.56. The molecule has 0 heterocycles. The van der Waals surface area contributed by atoms with Crippen LogP contribution < -0.4 is 14.9 Å². The van der Waals surface area contributed by atoms with Crippen LogP contribution >= 0.6 is 23.2 Å². The topological polar surface area (TPSA) is 59.9 Å². The molecule has 0 saturated heterocycles. The van der Waals surface area contributed by atoms with Crippen molar-refractivity contribution in [1.29, 1.82) is 0 Å². The standard InChI is InChI=1S/C26H20Cl2N2O3/c1-32-24-11-5-8-18(25(24)33-16-19-12-13-20(27)14-23(19)28)15-29-30-26(31)22-10-4-7-17-6-2-3-9-21(17)22/h2-15H,16H2,1H3,(H,30,31)/b29-15-. The van der Waals surface area contributed by atoms with Gasteiger partial charge in [0.15, 0.2) is 11.5 Å². The van der Waals surface area contributed by atoms with Crippen molar-refractivity contribution >= 4 is 46.1 Å². The van der Waals surface area contributed by atoms with Crippen molar-refractivity contribution < 1.29 is 14.3 Å². The lowest BCUT2D eigenvalue weighted by Crippen LogP contribution is -2.18. The lowest BCUT2D eigenvalue weighted by Gasteiger charge is -2.14. The first-order valence-electron chi connectivity index (χ1n) is 10.1. The normalized spacial score (nSPS) is 11.0. The second-order valence-electron chi connectivity index (χ2n) is 7.13. The Bertz CT molecular complexity index is 1330. The van der Waals surface area contributed by atoms with Crippen molar-refractivity contribution in [2.24, 2.45) is 5.10 Å². The molecule has 0 radical (unpaired) electrons. The van der Waals surface area contributed by atoms with Gasteiger partial charge in [0.05, 0.1) is 13.3 Å². The molecule has 4 rings (SSSR count). The first-order valence-corrected chi connectivity index (χ1v) is 10.9. The van der Waals surface area contributed by atoms with Crippen LogP contribution in [0.15, 0.2) is 84.0 Å². The number of carbonyl (C=O) groups excluding carboxylic acids is 1. The van der Waals surface area contributed by atoms with E-state index < -0.39 is 0 Å². The highest BCUT2D eigenvalue weighted by Crippen LogP contribution is 2.32. The molecule has 5 nitrogen and oxygen atoms in total. The average Bonchev–Trinajstić information content (AvgIpc) is 2.83. The van der Waals surface area contributed by atoms with Gasteiger partial charge in [-0.2, -0.15) is 5.10 Å². The Labute approximate surface area is 201 Å². The van der Waals surface area contributed by atoms with E-state index in [9.17, 15) is 4.79 Å². The van der Waals surface area contributed by atoms with E-state index in [1.165, 1.54) is 6.21 Å². The molecule has 0 bridgehead atoms. The lowest BCUT2D eigenvalue weighted by atomic mass is 10.0. The van der Waals surface area contributed by atoms with Crippen molar-refractivity contribution in [3.8, 4) is 11.5 Å². The molecular formula is C26H20Cl2N2O3. The van der Waals surface area contributed by atoms with Crippen LogP contribution in [0.25, 0.3) is 10.8 Å². The van der Waals surface area contributed by atoms with E-state index in [1.54, 1.807) is 37.4 Å². The van der Waals surface area contributed by atoms with Gasteiger partial charge in [-0.05, 0) is 41.1 Å². The molecule has 0 spiro atoms. The number of rotatable bonds is 7. The van der Waals surface area contributed by atoms with Crippen LogP contribution in [0.1, 0.15) is 21.5 Å². The molecule has 7 heteroatoms. The number of ether oxygens (including phenoxy) is 2. The summed E-state index contributed by atoms with van der Waals surface area (Å²) in [6.07, 6.45) is 1.52. The molecular weight excluding hydrogens is 459 g/mol. The van der Waals surface area contributed by atoms with Crippen LogP contribution in [0, 0.1) is 0 Å². The Hall–Kier alpha value is -3.54. The van der Waals surface area contributed by atoms with Crippen molar-refractivity contribution in [3.63, 3.8) is 0 Å². The number of hydrazone groups is 1. The summed E-state index contributed by atoms with van der Waals surface area (Å²) in [6, 6.07) is 23.9. The number of carbonyl (C=O) groups is 1. The van der Waals surface area contributed by atoms with Gasteiger partial charge in [0, 0.05) is 26.7 Å². The molecule has 0 aliphatic heterocycles. The van der Waals surface area contributed by atoms with E-state index in [1.807, 2.05) is 48.5 Å². The number of amides is 1. The third kappa shape index (κ3) is 5.28. The van der Waals surface area contributed by atoms with Gasteiger partial charge in [0.1, 0.15) is 6.61 Å². The summed E-state index contributed by atoms with van der Waals surface area (Å²) < 4.78 is 11.4. The maximum absolute atomic E-state index is 12.7. The highest BCUT2D eigenvalue weighted by Gasteiger charge is 2.12. The van der Waals surface area contributed by atoms with E-state index in [0.29, 0.717) is 32.7 Å². The van der Waals surface area contributed by atoms with Crippen molar-refractivity contribution in [2.45, 2.75) is 6.61 Å². The Morgan fingerprint density at radius 1 is 1.00 bits per heavy atom. The fourth-order valence-corrected chi connectivity index (χ4v) is 3.85. The SMILES string of the molecule is COc1cccc(/C=N\NC(=O)c2cccc3ccccc23)c1OCc1ccc(Cl)cc1Cl. The summed E-state index contributed by atoms with van der Waals surface area (Å²) in [5.74, 6) is 0.708. The van der Waals surface area contributed by atoms with Gasteiger partial charge in [-0.15, -0.1) is 0 Å². The average molecular weight is 479 g/mol. The quantitative estimate of drug-likeness (QED) is 0.243. The van der Waals surface area contributed by atoms with E-state index >= 15 is 0 Å². The molecule has 1 N–H and O–H groups in total. The number of para-hydroxylation sites is 1. The van der Waals surface area contributed by atoms with E-state index in [4.69, 9.17) is 32.7 Å². The second-order valence-corrected chi connectivity index (χ2v) is 7.97. The monoisotopic (exact) mass is 478 g/mol. The smallest absolute Gasteiger partial charge is 0.271 e. The van der Waals surface area contributed by atoms with Crippen LogP contribution in [0.3, 0.4) is 0 Å².